The maximum absolute atomic E-state index is 12.8. The van der Waals surface area contributed by atoms with E-state index in [1.165, 1.54) is 23.9 Å². The molecule has 1 N–H and O–H groups in total. The largest absolute Gasteiger partial charge is 0.504 e. The summed E-state index contributed by atoms with van der Waals surface area (Å²) in [6, 6.07) is 13.9. The Bertz CT molecular complexity index is 1080. The van der Waals surface area contributed by atoms with Gasteiger partial charge >= 0.3 is 0 Å². The van der Waals surface area contributed by atoms with Gasteiger partial charge in [0, 0.05) is 12.7 Å². The van der Waals surface area contributed by atoms with Gasteiger partial charge in [-0.15, -0.1) is 0 Å². The van der Waals surface area contributed by atoms with Crippen LogP contribution in [0.4, 0.5) is 0 Å². The molecule has 0 saturated heterocycles. The van der Waals surface area contributed by atoms with Crippen molar-refractivity contribution in [3.8, 4) is 17.2 Å². The van der Waals surface area contributed by atoms with Crippen LogP contribution in [0, 0.1) is 6.92 Å². The highest BCUT2D eigenvalue weighted by Crippen LogP contribution is 2.26. The lowest BCUT2D eigenvalue weighted by Gasteiger charge is -2.07. The third kappa shape index (κ3) is 3.42. The first kappa shape index (κ1) is 18.3. The van der Waals surface area contributed by atoms with Gasteiger partial charge in [0.05, 0.1) is 12.8 Å². The zero-order valence-corrected chi connectivity index (χ0v) is 15.3. The maximum Gasteiger partial charge on any atom is 0.282 e. The minimum absolute atomic E-state index is 0.0191. The summed E-state index contributed by atoms with van der Waals surface area (Å²) in [6.45, 7) is 1.74. The molecule has 0 aliphatic carbocycles. The van der Waals surface area contributed by atoms with Crippen molar-refractivity contribution in [2.45, 2.75) is 6.92 Å². The third-order valence-electron chi connectivity index (χ3n) is 4.43. The molecule has 1 aromatic heterocycles. The van der Waals surface area contributed by atoms with Gasteiger partial charge in [0.25, 0.3) is 5.56 Å². The van der Waals surface area contributed by atoms with E-state index in [0.29, 0.717) is 22.7 Å². The van der Waals surface area contributed by atoms with Gasteiger partial charge in [0.15, 0.2) is 17.3 Å². The van der Waals surface area contributed by atoms with Gasteiger partial charge in [-0.2, -0.15) is 0 Å². The SMILES string of the molecule is COc1cc(/C=C/C(=O)c2c(C)n(C)n(-c3ccccc3)c2=O)ccc1O. The lowest BCUT2D eigenvalue weighted by Crippen LogP contribution is -2.22. The van der Waals surface area contributed by atoms with Crippen LogP contribution >= 0.6 is 0 Å². The summed E-state index contributed by atoms with van der Waals surface area (Å²) >= 11 is 0. The number of allylic oxidation sites excluding steroid dienone is 1. The molecule has 6 nitrogen and oxygen atoms in total. The first-order valence-electron chi connectivity index (χ1n) is 8.37. The molecule has 1 heterocycles. The molecule has 0 spiro atoms. The lowest BCUT2D eigenvalue weighted by atomic mass is 10.1. The number of aromatic hydroxyl groups is 1. The fraction of sp³-hybridized carbons (Fsp3) is 0.143. The van der Waals surface area contributed by atoms with Crippen molar-refractivity contribution in [2.75, 3.05) is 7.11 Å². The fourth-order valence-corrected chi connectivity index (χ4v) is 2.91. The van der Waals surface area contributed by atoms with Crippen LogP contribution in [0.1, 0.15) is 21.6 Å². The van der Waals surface area contributed by atoms with E-state index in [0.717, 1.165) is 0 Å². The zero-order chi connectivity index (χ0) is 19.6. The molecule has 0 radical (unpaired) electrons. The Morgan fingerprint density at radius 2 is 1.85 bits per heavy atom. The van der Waals surface area contributed by atoms with Crippen molar-refractivity contribution in [2.24, 2.45) is 7.05 Å². The Kier molecular flexibility index (Phi) is 4.98. The van der Waals surface area contributed by atoms with Gasteiger partial charge in [0.2, 0.25) is 0 Å². The number of phenolic OH excluding ortho intramolecular Hbond substituents is 1. The molecule has 6 heteroatoms. The molecule has 0 bridgehead atoms. The average molecular weight is 364 g/mol. The fourth-order valence-electron chi connectivity index (χ4n) is 2.91. The van der Waals surface area contributed by atoms with E-state index in [9.17, 15) is 14.7 Å². The average Bonchev–Trinajstić information content (AvgIpc) is 2.90. The van der Waals surface area contributed by atoms with Gasteiger partial charge in [-0.1, -0.05) is 30.3 Å². The van der Waals surface area contributed by atoms with Crippen LogP contribution < -0.4 is 10.3 Å². The highest BCUT2D eigenvalue weighted by atomic mass is 16.5. The summed E-state index contributed by atoms with van der Waals surface area (Å²) in [6.07, 6.45) is 2.94. The number of para-hydroxylation sites is 1. The highest BCUT2D eigenvalue weighted by Gasteiger charge is 2.20. The summed E-state index contributed by atoms with van der Waals surface area (Å²) in [5, 5.41) is 9.64. The molecule has 0 aliphatic rings. The van der Waals surface area contributed by atoms with E-state index in [1.807, 2.05) is 30.3 Å². The summed E-state index contributed by atoms with van der Waals surface area (Å²) < 4.78 is 8.20. The van der Waals surface area contributed by atoms with E-state index in [1.54, 1.807) is 36.9 Å². The first-order valence-corrected chi connectivity index (χ1v) is 8.37. The summed E-state index contributed by atoms with van der Waals surface area (Å²) in [7, 11) is 3.20. The second-order valence-electron chi connectivity index (χ2n) is 6.07. The quantitative estimate of drug-likeness (QED) is 0.558. The van der Waals surface area contributed by atoms with Crippen LogP contribution in [-0.2, 0) is 7.05 Å². The van der Waals surface area contributed by atoms with Crippen LogP contribution in [0.2, 0.25) is 0 Å². The molecular weight excluding hydrogens is 344 g/mol. The van der Waals surface area contributed by atoms with E-state index >= 15 is 0 Å². The van der Waals surface area contributed by atoms with Crippen molar-refractivity contribution in [1.82, 2.24) is 9.36 Å². The molecule has 0 aliphatic heterocycles. The smallest absolute Gasteiger partial charge is 0.282 e. The van der Waals surface area contributed by atoms with Gasteiger partial charge in [-0.05, 0) is 42.8 Å². The highest BCUT2D eigenvalue weighted by molar-refractivity contribution is 6.07. The van der Waals surface area contributed by atoms with Crippen LogP contribution in [0.15, 0.2) is 59.4 Å². The van der Waals surface area contributed by atoms with E-state index in [4.69, 9.17) is 4.74 Å². The second kappa shape index (κ2) is 7.37. The molecule has 27 heavy (non-hydrogen) atoms. The Labute approximate surface area is 156 Å². The number of methoxy groups -OCH3 is 1. The number of rotatable bonds is 5. The number of carbonyl (C=O) groups is 1. The second-order valence-corrected chi connectivity index (χ2v) is 6.07. The molecule has 0 fully saturated rings. The van der Waals surface area contributed by atoms with Crippen molar-refractivity contribution < 1.29 is 14.6 Å². The maximum atomic E-state index is 12.8. The molecule has 0 atom stereocenters. The third-order valence-corrected chi connectivity index (χ3v) is 4.43. The lowest BCUT2D eigenvalue weighted by molar-refractivity contribution is 0.104. The number of carbonyl (C=O) groups excluding carboxylic acids is 1. The summed E-state index contributed by atoms with van der Waals surface area (Å²) in [5.74, 6) is -0.0487. The van der Waals surface area contributed by atoms with Crippen LogP contribution in [0.5, 0.6) is 11.5 Å². The Morgan fingerprint density at radius 1 is 1.15 bits per heavy atom. The number of phenols is 1. The number of hydrogen-bond donors (Lipinski definition) is 1. The van der Waals surface area contributed by atoms with Gasteiger partial charge in [-0.25, -0.2) is 4.68 Å². The number of aromatic nitrogens is 2. The zero-order valence-electron chi connectivity index (χ0n) is 15.3. The predicted octanol–water partition coefficient (Wildman–Crippen LogP) is 3.09. The van der Waals surface area contributed by atoms with E-state index < -0.39 is 0 Å². The standard InChI is InChI=1S/C21H20N2O4/c1-14-20(21(26)23(22(14)2)16-7-5-4-6-8-16)18(25)12-10-15-9-11-17(24)19(13-15)27-3/h4-13,24H,1-3H3/b12-10+. The molecule has 138 valence electrons. The van der Waals surface area contributed by atoms with E-state index in [-0.39, 0.29) is 22.7 Å². The normalized spacial score (nSPS) is 11.1. The number of benzene rings is 2. The van der Waals surface area contributed by atoms with E-state index in [2.05, 4.69) is 0 Å². The molecule has 0 saturated carbocycles. The molecule has 0 amide bonds. The van der Waals surface area contributed by atoms with Gasteiger partial charge in [0.1, 0.15) is 5.56 Å². The number of ether oxygens (including phenoxy) is 1. The Hall–Kier alpha value is -3.54. The minimum Gasteiger partial charge on any atom is -0.504 e. The predicted molar refractivity (Wildman–Crippen MR) is 104 cm³/mol. The van der Waals surface area contributed by atoms with Crippen LogP contribution in [-0.4, -0.2) is 27.4 Å². The van der Waals surface area contributed by atoms with Crippen LogP contribution in [0.25, 0.3) is 11.8 Å². The Morgan fingerprint density at radius 3 is 2.52 bits per heavy atom. The summed E-state index contributed by atoms with van der Waals surface area (Å²) in [4.78, 5) is 25.5. The molecule has 2 aromatic carbocycles. The number of ketones is 1. The van der Waals surface area contributed by atoms with Crippen molar-refractivity contribution in [3.63, 3.8) is 0 Å². The first-order chi connectivity index (χ1) is 12.9. The topological polar surface area (TPSA) is 73.5 Å². The Balaban J connectivity index is 1.98. The molecule has 0 unspecified atom stereocenters. The van der Waals surface area contributed by atoms with Crippen LogP contribution in [0.3, 0.4) is 0 Å². The number of hydrogen-bond acceptors (Lipinski definition) is 4. The van der Waals surface area contributed by atoms with Crippen molar-refractivity contribution in [1.29, 1.82) is 0 Å². The number of nitrogens with zero attached hydrogens (tertiary/aromatic N) is 2. The molecular formula is C21H20N2O4. The summed E-state index contributed by atoms with van der Waals surface area (Å²) in [5.41, 5.74) is 1.72. The molecule has 3 rings (SSSR count). The van der Waals surface area contributed by atoms with Gasteiger partial charge in [-0.3, -0.25) is 14.3 Å². The monoisotopic (exact) mass is 364 g/mol. The van der Waals surface area contributed by atoms with Gasteiger partial charge < -0.3 is 9.84 Å². The van der Waals surface area contributed by atoms with Crippen molar-refractivity contribution in [3.05, 3.63) is 81.8 Å². The molecule has 3 aromatic rings. The minimum atomic E-state index is -0.380. The van der Waals surface area contributed by atoms with Crippen molar-refractivity contribution >= 4 is 11.9 Å².